The van der Waals surface area contributed by atoms with Crippen LogP contribution < -0.4 is 10.6 Å². The molecule has 2 aromatic carbocycles. The first kappa shape index (κ1) is 21.9. The number of hydrogen-bond acceptors (Lipinski definition) is 4. The average molecular weight is 404 g/mol. The molecule has 28 heavy (non-hydrogen) atoms. The van der Waals surface area contributed by atoms with Gasteiger partial charge < -0.3 is 10.6 Å². The second kappa shape index (κ2) is 11.5. The highest BCUT2D eigenvalue weighted by molar-refractivity contribution is 8.00. The van der Waals surface area contributed by atoms with Crippen molar-refractivity contribution in [2.45, 2.75) is 20.4 Å². The van der Waals surface area contributed by atoms with Gasteiger partial charge in [-0.1, -0.05) is 26.0 Å². The first-order valence-corrected chi connectivity index (χ1v) is 10.4. The number of amides is 2. The predicted octanol–water partition coefficient (Wildman–Crippen LogP) is 3.98. The van der Waals surface area contributed by atoms with Crippen LogP contribution in [0.2, 0.25) is 0 Å². The quantitative estimate of drug-likeness (QED) is 0.630. The van der Waals surface area contributed by atoms with Gasteiger partial charge in [0, 0.05) is 17.9 Å². The largest absolute Gasteiger partial charge is 0.325 e. The normalized spacial score (nSPS) is 10.7. The van der Waals surface area contributed by atoms with E-state index in [1.165, 1.54) is 36.0 Å². The van der Waals surface area contributed by atoms with E-state index in [0.717, 1.165) is 30.9 Å². The van der Waals surface area contributed by atoms with E-state index < -0.39 is 0 Å². The molecule has 0 saturated heterocycles. The Labute approximate surface area is 169 Å². The topological polar surface area (TPSA) is 61.4 Å². The molecule has 0 heterocycles. The van der Waals surface area contributed by atoms with E-state index in [9.17, 15) is 14.0 Å². The Balaban J connectivity index is 1.74. The molecule has 0 aliphatic heterocycles. The first-order chi connectivity index (χ1) is 13.5. The molecule has 0 fully saturated rings. The van der Waals surface area contributed by atoms with E-state index >= 15 is 0 Å². The number of benzene rings is 2. The number of carbonyl (C=O) groups excluding carboxylic acids is 2. The molecule has 0 saturated carbocycles. The van der Waals surface area contributed by atoms with Crippen molar-refractivity contribution in [1.29, 1.82) is 0 Å². The molecule has 2 rings (SSSR count). The van der Waals surface area contributed by atoms with Gasteiger partial charge in [-0.15, -0.1) is 11.8 Å². The fourth-order valence-corrected chi connectivity index (χ4v) is 3.23. The summed E-state index contributed by atoms with van der Waals surface area (Å²) in [6, 6.07) is 13.4. The number of halogens is 1. The molecule has 2 N–H and O–H groups in total. The number of rotatable bonds is 10. The molecule has 150 valence electrons. The van der Waals surface area contributed by atoms with Crippen LogP contribution in [0.3, 0.4) is 0 Å². The van der Waals surface area contributed by atoms with Crippen molar-refractivity contribution in [3.8, 4) is 0 Å². The smallest absolute Gasteiger partial charge is 0.234 e. The SMILES string of the molecule is CCN(CC)Cc1cccc(NC(=O)CSCC(=O)Nc2ccc(F)cc2)c1. The standard InChI is InChI=1S/C21H26FN3O2S/c1-3-25(4-2)13-16-6-5-7-19(12-16)24-21(27)15-28-14-20(26)23-18-10-8-17(22)9-11-18/h5-12H,3-4,13-15H2,1-2H3,(H,23,26)(H,24,27). The van der Waals surface area contributed by atoms with E-state index in [4.69, 9.17) is 0 Å². The van der Waals surface area contributed by atoms with Crippen LogP contribution in [0.1, 0.15) is 19.4 Å². The molecular formula is C21H26FN3O2S. The lowest BCUT2D eigenvalue weighted by Gasteiger charge is -2.18. The summed E-state index contributed by atoms with van der Waals surface area (Å²) in [7, 11) is 0. The van der Waals surface area contributed by atoms with E-state index in [1.54, 1.807) is 0 Å². The van der Waals surface area contributed by atoms with Crippen LogP contribution in [0, 0.1) is 5.82 Å². The lowest BCUT2D eigenvalue weighted by molar-refractivity contribution is -0.114. The molecule has 0 atom stereocenters. The number of thioether (sulfide) groups is 1. The van der Waals surface area contributed by atoms with Gasteiger partial charge in [-0.25, -0.2) is 4.39 Å². The van der Waals surface area contributed by atoms with Gasteiger partial charge in [0.2, 0.25) is 11.8 Å². The van der Waals surface area contributed by atoms with Crippen LogP contribution in [0.15, 0.2) is 48.5 Å². The van der Waals surface area contributed by atoms with Gasteiger partial charge in [-0.3, -0.25) is 14.5 Å². The molecule has 0 bridgehead atoms. The maximum Gasteiger partial charge on any atom is 0.234 e. The Morgan fingerprint density at radius 1 is 0.929 bits per heavy atom. The maximum absolute atomic E-state index is 12.9. The molecule has 2 aromatic rings. The van der Waals surface area contributed by atoms with Crippen molar-refractivity contribution in [3.05, 3.63) is 59.9 Å². The molecule has 0 radical (unpaired) electrons. The summed E-state index contributed by atoms with van der Waals surface area (Å²) >= 11 is 1.23. The Hall–Kier alpha value is -2.38. The molecule has 0 spiro atoms. The van der Waals surface area contributed by atoms with Crippen LogP contribution in [-0.2, 0) is 16.1 Å². The third-order valence-corrected chi connectivity index (χ3v) is 5.04. The minimum atomic E-state index is -0.356. The lowest BCUT2D eigenvalue weighted by Crippen LogP contribution is -2.22. The van der Waals surface area contributed by atoms with Crippen molar-refractivity contribution in [2.24, 2.45) is 0 Å². The number of nitrogens with one attached hydrogen (secondary N) is 2. The van der Waals surface area contributed by atoms with Crippen LogP contribution in [0.25, 0.3) is 0 Å². The molecule has 0 aliphatic carbocycles. The molecular weight excluding hydrogens is 377 g/mol. The van der Waals surface area contributed by atoms with Crippen LogP contribution in [0.5, 0.6) is 0 Å². The number of anilines is 2. The van der Waals surface area contributed by atoms with Crippen molar-refractivity contribution >= 4 is 35.0 Å². The summed E-state index contributed by atoms with van der Waals surface area (Å²) < 4.78 is 12.9. The fraction of sp³-hybridized carbons (Fsp3) is 0.333. The Morgan fingerprint density at radius 3 is 2.14 bits per heavy atom. The Morgan fingerprint density at radius 2 is 1.54 bits per heavy atom. The first-order valence-electron chi connectivity index (χ1n) is 9.24. The molecule has 2 amide bonds. The predicted molar refractivity (Wildman–Crippen MR) is 114 cm³/mol. The van der Waals surface area contributed by atoms with E-state index in [-0.39, 0.29) is 29.1 Å². The van der Waals surface area contributed by atoms with Gasteiger partial charge >= 0.3 is 0 Å². The minimum Gasteiger partial charge on any atom is -0.325 e. The van der Waals surface area contributed by atoms with E-state index in [2.05, 4.69) is 29.4 Å². The molecule has 0 aliphatic rings. The number of nitrogens with zero attached hydrogens (tertiary/aromatic N) is 1. The highest BCUT2D eigenvalue weighted by Gasteiger charge is 2.08. The minimum absolute atomic E-state index is 0.146. The van der Waals surface area contributed by atoms with Gasteiger partial charge in [0.15, 0.2) is 0 Å². The lowest BCUT2D eigenvalue weighted by atomic mass is 10.2. The Bertz CT molecular complexity index is 779. The zero-order valence-electron chi connectivity index (χ0n) is 16.2. The van der Waals surface area contributed by atoms with Crippen molar-refractivity contribution in [1.82, 2.24) is 4.90 Å². The third-order valence-electron chi connectivity index (χ3n) is 4.11. The summed E-state index contributed by atoms with van der Waals surface area (Å²) in [4.78, 5) is 26.3. The van der Waals surface area contributed by atoms with Crippen molar-refractivity contribution in [2.75, 3.05) is 35.2 Å². The molecule has 0 unspecified atom stereocenters. The summed E-state index contributed by atoms with van der Waals surface area (Å²) in [5.74, 6) is -0.417. The van der Waals surface area contributed by atoms with Crippen LogP contribution in [-0.4, -0.2) is 41.3 Å². The van der Waals surface area contributed by atoms with E-state index in [0.29, 0.717) is 5.69 Å². The van der Waals surface area contributed by atoms with Gasteiger partial charge in [0.1, 0.15) is 5.82 Å². The highest BCUT2D eigenvalue weighted by Crippen LogP contribution is 2.14. The molecule has 5 nitrogen and oxygen atoms in total. The zero-order chi connectivity index (χ0) is 20.4. The van der Waals surface area contributed by atoms with Crippen LogP contribution >= 0.6 is 11.8 Å². The van der Waals surface area contributed by atoms with Crippen LogP contribution in [0.4, 0.5) is 15.8 Å². The number of carbonyl (C=O) groups is 2. The van der Waals surface area contributed by atoms with Gasteiger partial charge in [0.05, 0.1) is 11.5 Å². The summed E-state index contributed by atoms with van der Waals surface area (Å²) in [6.45, 7) is 7.04. The highest BCUT2D eigenvalue weighted by atomic mass is 32.2. The summed E-state index contributed by atoms with van der Waals surface area (Å²) in [5, 5.41) is 5.54. The monoisotopic (exact) mass is 403 g/mol. The van der Waals surface area contributed by atoms with Crippen molar-refractivity contribution < 1.29 is 14.0 Å². The van der Waals surface area contributed by atoms with Gasteiger partial charge in [-0.05, 0) is 55.1 Å². The number of hydrogen-bond donors (Lipinski definition) is 2. The maximum atomic E-state index is 12.9. The third kappa shape index (κ3) is 7.70. The van der Waals surface area contributed by atoms with E-state index in [1.807, 2.05) is 24.3 Å². The summed E-state index contributed by atoms with van der Waals surface area (Å²) in [6.07, 6.45) is 0. The van der Waals surface area contributed by atoms with Crippen molar-refractivity contribution in [3.63, 3.8) is 0 Å². The zero-order valence-corrected chi connectivity index (χ0v) is 17.0. The fourth-order valence-electron chi connectivity index (χ4n) is 2.62. The second-order valence-electron chi connectivity index (χ2n) is 6.26. The summed E-state index contributed by atoms with van der Waals surface area (Å²) in [5.41, 5.74) is 2.43. The second-order valence-corrected chi connectivity index (χ2v) is 7.24. The molecule has 0 aromatic heterocycles. The molecule has 7 heteroatoms. The average Bonchev–Trinajstić information content (AvgIpc) is 2.68. The van der Waals surface area contributed by atoms with Gasteiger partial charge in [-0.2, -0.15) is 0 Å². The Kier molecular flexibility index (Phi) is 8.97. The van der Waals surface area contributed by atoms with Gasteiger partial charge in [0.25, 0.3) is 0 Å².